The minimum absolute atomic E-state index is 0.0475. The fraction of sp³-hybridized carbons (Fsp3) is 1.00. The molecule has 0 saturated carbocycles. The minimum Gasteiger partial charge on any atom is -0.396 e. The van der Waals surface area contributed by atoms with Crippen LogP contribution < -0.4 is 21.7 Å². The van der Waals surface area contributed by atoms with Gasteiger partial charge in [0.25, 0.3) is 0 Å². The van der Waals surface area contributed by atoms with Crippen molar-refractivity contribution in [1.82, 2.24) is 16.0 Å². The molecule has 0 aromatic carbocycles. The van der Waals surface area contributed by atoms with Gasteiger partial charge in [-0.1, -0.05) is 0 Å². The van der Waals surface area contributed by atoms with Gasteiger partial charge in [-0.25, -0.2) is 0 Å². The number of hydrogen-bond donors (Lipinski definition) is 5. The van der Waals surface area contributed by atoms with Crippen molar-refractivity contribution in [2.75, 3.05) is 80.4 Å². The van der Waals surface area contributed by atoms with Crippen LogP contribution >= 0.6 is 35.3 Å². The third-order valence-electron chi connectivity index (χ3n) is 4.26. The highest BCUT2D eigenvalue weighted by Crippen LogP contribution is 2.31. The second kappa shape index (κ2) is 10.8. The molecule has 8 heteroatoms. The zero-order valence-electron chi connectivity index (χ0n) is 13.9. The van der Waals surface area contributed by atoms with Crippen molar-refractivity contribution in [2.24, 2.45) is 11.1 Å². The second-order valence-corrected chi connectivity index (χ2v) is 10.0. The lowest BCUT2D eigenvalue weighted by Crippen LogP contribution is -2.61. The molecule has 23 heavy (non-hydrogen) atoms. The van der Waals surface area contributed by atoms with Crippen LogP contribution in [-0.4, -0.2) is 91.0 Å². The molecular formula is C15H32N4OS3. The van der Waals surface area contributed by atoms with Crippen LogP contribution in [0, 0.1) is 5.41 Å². The van der Waals surface area contributed by atoms with E-state index >= 15 is 0 Å². The summed E-state index contributed by atoms with van der Waals surface area (Å²) in [5.74, 6) is 6.36. The molecule has 3 aliphatic rings. The summed E-state index contributed by atoms with van der Waals surface area (Å²) >= 11 is 5.90. The van der Waals surface area contributed by atoms with E-state index in [9.17, 15) is 5.11 Å². The molecule has 0 aromatic rings. The van der Waals surface area contributed by atoms with Crippen LogP contribution in [0.4, 0.5) is 0 Å². The van der Waals surface area contributed by atoms with Gasteiger partial charge in [-0.2, -0.15) is 35.3 Å². The number of aliphatic hydroxyl groups excluding tert-OH is 1. The number of hydrogen-bond acceptors (Lipinski definition) is 8. The summed E-state index contributed by atoms with van der Waals surface area (Å²) in [4.78, 5) is 0. The number of nitrogens with one attached hydrogen (secondary N) is 3. The molecule has 0 aromatic heterocycles. The molecule has 0 aliphatic carbocycles. The van der Waals surface area contributed by atoms with Crippen molar-refractivity contribution in [3.8, 4) is 0 Å². The Hall–Kier alpha value is 0.850. The second-order valence-electron chi connectivity index (χ2n) is 6.71. The quantitative estimate of drug-likeness (QED) is 0.423. The number of rotatable bonds is 1. The van der Waals surface area contributed by atoms with E-state index in [1.165, 1.54) is 0 Å². The first-order valence-corrected chi connectivity index (χ1v) is 11.9. The summed E-state index contributed by atoms with van der Waals surface area (Å²) in [5, 5.41) is 20.6. The molecule has 2 bridgehead atoms. The monoisotopic (exact) mass is 380 g/mol. The van der Waals surface area contributed by atoms with Gasteiger partial charge in [0.05, 0.1) is 12.1 Å². The summed E-state index contributed by atoms with van der Waals surface area (Å²) in [6, 6.07) is 0. The molecule has 136 valence electrons. The summed E-state index contributed by atoms with van der Waals surface area (Å²) in [6.07, 6.45) is 0. The Morgan fingerprint density at radius 3 is 1.52 bits per heavy atom. The van der Waals surface area contributed by atoms with E-state index in [4.69, 9.17) is 5.73 Å². The van der Waals surface area contributed by atoms with Gasteiger partial charge in [-0.3, -0.25) is 0 Å². The van der Waals surface area contributed by atoms with E-state index in [1.807, 2.05) is 35.3 Å². The maximum atomic E-state index is 10.0. The molecule has 6 N–H and O–H groups in total. The van der Waals surface area contributed by atoms with Gasteiger partial charge in [0, 0.05) is 79.2 Å². The third-order valence-corrected chi connectivity index (χ3v) is 8.19. The van der Waals surface area contributed by atoms with Crippen molar-refractivity contribution in [3.63, 3.8) is 0 Å². The van der Waals surface area contributed by atoms with Crippen molar-refractivity contribution < 1.29 is 5.11 Å². The van der Waals surface area contributed by atoms with Gasteiger partial charge in [-0.15, -0.1) is 0 Å². The molecule has 3 fully saturated rings. The molecule has 0 unspecified atom stereocenters. The minimum atomic E-state index is -0.233. The van der Waals surface area contributed by atoms with Crippen molar-refractivity contribution in [2.45, 2.75) is 5.54 Å². The first-order valence-electron chi connectivity index (χ1n) is 8.43. The Kier molecular flexibility index (Phi) is 9.43. The van der Waals surface area contributed by atoms with E-state index in [0.29, 0.717) is 6.61 Å². The van der Waals surface area contributed by atoms with Crippen LogP contribution in [0.15, 0.2) is 0 Å². The smallest absolute Gasteiger partial charge is 0.0533 e. The highest BCUT2D eigenvalue weighted by atomic mass is 32.2. The summed E-state index contributed by atoms with van der Waals surface area (Å²) in [7, 11) is 0. The van der Waals surface area contributed by atoms with E-state index in [2.05, 4.69) is 16.0 Å². The lowest BCUT2D eigenvalue weighted by Gasteiger charge is -2.34. The molecule has 3 saturated heterocycles. The van der Waals surface area contributed by atoms with Gasteiger partial charge < -0.3 is 26.8 Å². The summed E-state index contributed by atoms with van der Waals surface area (Å²) in [5.41, 5.74) is 6.42. The predicted molar refractivity (Wildman–Crippen MR) is 107 cm³/mol. The summed E-state index contributed by atoms with van der Waals surface area (Å²) < 4.78 is 0. The fourth-order valence-corrected chi connectivity index (χ4v) is 6.63. The molecule has 3 aliphatic heterocycles. The third kappa shape index (κ3) is 7.32. The standard InChI is InChI=1S/C15H32N4OS3/c16-15-7-17-1-4-21-11-14(10-20,12-22-5-2-18-8-15)13-23-6-3-19-9-15/h17-20H,1-13,16H2. The lowest BCUT2D eigenvalue weighted by atomic mass is 9.97. The lowest BCUT2D eigenvalue weighted by molar-refractivity contribution is 0.188. The Morgan fingerprint density at radius 1 is 0.783 bits per heavy atom. The highest BCUT2D eigenvalue weighted by Gasteiger charge is 2.30. The molecular weight excluding hydrogens is 348 g/mol. The van der Waals surface area contributed by atoms with Gasteiger partial charge >= 0.3 is 0 Å². The molecule has 0 spiro atoms. The highest BCUT2D eigenvalue weighted by molar-refractivity contribution is 8.01. The van der Waals surface area contributed by atoms with Crippen LogP contribution in [0.1, 0.15) is 0 Å². The van der Waals surface area contributed by atoms with Gasteiger partial charge in [0.1, 0.15) is 0 Å². The van der Waals surface area contributed by atoms with Crippen LogP contribution in [-0.2, 0) is 0 Å². The van der Waals surface area contributed by atoms with Crippen molar-refractivity contribution in [3.05, 3.63) is 0 Å². The van der Waals surface area contributed by atoms with Crippen molar-refractivity contribution >= 4 is 35.3 Å². The van der Waals surface area contributed by atoms with E-state index in [-0.39, 0.29) is 11.0 Å². The molecule has 3 heterocycles. The average molecular weight is 381 g/mol. The van der Waals surface area contributed by atoms with Crippen LogP contribution in [0.2, 0.25) is 0 Å². The Morgan fingerprint density at radius 2 is 1.17 bits per heavy atom. The first kappa shape index (κ1) is 20.2. The van der Waals surface area contributed by atoms with Gasteiger partial charge in [0.15, 0.2) is 0 Å². The van der Waals surface area contributed by atoms with E-state index < -0.39 is 0 Å². The maximum Gasteiger partial charge on any atom is 0.0533 e. The number of aliphatic hydroxyl groups is 1. The average Bonchev–Trinajstić information content (AvgIpc) is 2.56. The number of fused-ring (bicyclic) bond motifs is 15. The van der Waals surface area contributed by atoms with E-state index in [1.54, 1.807) is 0 Å². The zero-order chi connectivity index (χ0) is 16.4. The normalized spacial score (nSPS) is 36.3. The molecule has 5 nitrogen and oxygen atoms in total. The molecule has 0 radical (unpaired) electrons. The van der Waals surface area contributed by atoms with Crippen LogP contribution in [0.25, 0.3) is 0 Å². The summed E-state index contributed by atoms with van der Waals surface area (Å²) in [6.45, 7) is 5.72. The van der Waals surface area contributed by atoms with Crippen LogP contribution in [0.3, 0.4) is 0 Å². The number of thioether (sulfide) groups is 3. The largest absolute Gasteiger partial charge is 0.396 e. The Labute approximate surface area is 153 Å². The SMILES string of the molecule is NC12CNCCSCC(CO)(CSCCNC1)CSCCNC2. The van der Waals surface area contributed by atoms with Gasteiger partial charge in [0.2, 0.25) is 0 Å². The van der Waals surface area contributed by atoms with E-state index in [0.717, 1.165) is 73.8 Å². The first-order chi connectivity index (χ1) is 11.2. The zero-order valence-corrected chi connectivity index (χ0v) is 16.4. The number of nitrogens with two attached hydrogens (primary N) is 1. The predicted octanol–water partition coefficient (Wildman–Crippen LogP) is -0.342. The van der Waals surface area contributed by atoms with Gasteiger partial charge in [-0.05, 0) is 0 Å². The Bertz CT molecular complexity index is 292. The van der Waals surface area contributed by atoms with Crippen LogP contribution in [0.5, 0.6) is 0 Å². The maximum absolute atomic E-state index is 10.0. The van der Waals surface area contributed by atoms with Crippen molar-refractivity contribution in [1.29, 1.82) is 0 Å². The topological polar surface area (TPSA) is 82.3 Å². The molecule has 3 rings (SSSR count). The Balaban J connectivity index is 2.06. The molecule has 0 amide bonds. The fourth-order valence-electron chi connectivity index (χ4n) is 2.76. The molecule has 0 atom stereocenters.